The first-order chi connectivity index (χ1) is 13.6. The van der Waals surface area contributed by atoms with E-state index in [9.17, 15) is 9.59 Å². The molecule has 0 radical (unpaired) electrons. The van der Waals surface area contributed by atoms with E-state index in [0.29, 0.717) is 13.0 Å². The van der Waals surface area contributed by atoms with Crippen molar-refractivity contribution in [1.29, 1.82) is 0 Å². The Balaban J connectivity index is 1.50. The van der Waals surface area contributed by atoms with Gasteiger partial charge in [-0.05, 0) is 42.7 Å². The Morgan fingerprint density at radius 2 is 1.82 bits per heavy atom. The van der Waals surface area contributed by atoms with Gasteiger partial charge in [0.15, 0.2) is 0 Å². The lowest BCUT2D eigenvalue weighted by atomic mass is 10.0. The molecule has 1 saturated heterocycles. The highest BCUT2D eigenvalue weighted by Gasteiger charge is 2.29. The van der Waals surface area contributed by atoms with Crippen LogP contribution in [0.5, 0.6) is 5.75 Å². The number of hydrogen-bond donors (Lipinski definition) is 0. The van der Waals surface area contributed by atoms with Crippen molar-refractivity contribution in [2.24, 2.45) is 7.05 Å². The Morgan fingerprint density at radius 3 is 2.54 bits per heavy atom. The number of carbonyl (C=O) groups is 1. The van der Waals surface area contributed by atoms with E-state index in [1.807, 2.05) is 53.4 Å². The fourth-order valence-corrected chi connectivity index (χ4v) is 4.17. The van der Waals surface area contributed by atoms with Crippen molar-refractivity contribution in [3.05, 3.63) is 64.6 Å². The minimum atomic E-state index is -0.0814. The number of hydrogen-bond acceptors (Lipinski definition) is 3. The number of amides is 1. The lowest BCUT2D eigenvalue weighted by Gasteiger charge is -2.25. The molecule has 0 N–H and O–H groups in total. The molecule has 0 aliphatic carbocycles. The Kier molecular flexibility index (Phi) is 4.94. The highest BCUT2D eigenvalue weighted by molar-refractivity contribution is 5.78. The molecule has 6 heteroatoms. The summed E-state index contributed by atoms with van der Waals surface area (Å²) in [7, 11) is 3.42. The monoisotopic (exact) mass is 379 g/mol. The van der Waals surface area contributed by atoms with E-state index in [1.54, 1.807) is 23.3 Å². The van der Waals surface area contributed by atoms with E-state index in [1.165, 1.54) is 0 Å². The van der Waals surface area contributed by atoms with E-state index in [-0.39, 0.29) is 17.6 Å². The standard InChI is InChI=1S/C22H25N3O3/c1-23-19-6-3-4-7-20(19)25(22(23)27)15-13-21(26)24-14-5-8-18(24)16-9-11-17(28-2)12-10-16/h3-4,6-7,9-12,18H,5,8,13-15H2,1-2H3/t18-/m1/s1. The van der Waals surface area contributed by atoms with Crippen LogP contribution in [-0.2, 0) is 18.4 Å². The molecule has 146 valence electrons. The zero-order chi connectivity index (χ0) is 19.7. The van der Waals surface area contributed by atoms with Crippen LogP contribution in [0.2, 0.25) is 0 Å². The summed E-state index contributed by atoms with van der Waals surface area (Å²) in [6.07, 6.45) is 2.28. The molecule has 4 rings (SSSR count). The number of nitrogens with zero attached hydrogens (tertiary/aromatic N) is 3. The van der Waals surface area contributed by atoms with Crippen molar-refractivity contribution >= 4 is 16.9 Å². The third-order valence-corrected chi connectivity index (χ3v) is 5.67. The van der Waals surface area contributed by atoms with Crippen LogP contribution in [0.3, 0.4) is 0 Å². The predicted molar refractivity (Wildman–Crippen MR) is 108 cm³/mol. The molecule has 0 unspecified atom stereocenters. The summed E-state index contributed by atoms with van der Waals surface area (Å²) in [4.78, 5) is 27.5. The SMILES string of the molecule is COc1ccc([C@H]2CCCN2C(=O)CCn2c(=O)n(C)c3ccccc32)cc1. The molecule has 2 aromatic carbocycles. The zero-order valence-corrected chi connectivity index (χ0v) is 16.3. The van der Waals surface area contributed by atoms with Gasteiger partial charge in [-0.25, -0.2) is 4.79 Å². The Hall–Kier alpha value is -3.02. The summed E-state index contributed by atoms with van der Waals surface area (Å²) in [5.74, 6) is 0.910. The highest BCUT2D eigenvalue weighted by atomic mass is 16.5. The third-order valence-electron chi connectivity index (χ3n) is 5.67. The third kappa shape index (κ3) is 3.19. The number of para-hydroxylation sites is 2. The molecule has 1 aromatic heterocycles. The van der Waals surface area contributed by atoms with Crippen LogP contribution in [-0.4, -0.2) is 33.6 Å². The topological polar surface area (TPSA) is 56.5 Å². The summed E-state index contributed by atoms with van der Waals surface area (Å²) in [5, 5.41) is 0. The highest BCUT2D eigenvalue weighted by Crippen LogP contribution is 2.33. The second kappa shape index (κ2) is 7.54. The molecule has 3 aromatic rings. The number of rotatable bonds is 5. The van der Waals surface area contributed by atoms with Crippen LogP contribution in [0.25, 0.3) is 11.0 Å². The van der Waals surface area contributed by atoms with E-state index in [4.69, 9.17) is 4.74 Å². The second-order valence-corrected chi connectivity index (χ2v) is 7.25. The van der Waals surface area contributed by atoms with Gasteiger partial charge < -0.3 is 9.64 Å². The fourth-order valence-electron chi connectivity index (χ4n) is 4.17. The van der Waals surface area contributed by atoms with Gasteiger partial charge >= 0.3 is 5.69 Å². The maximum atomic E-state index is 13.0. The number of aryl methyl sites for hydroxylation is 2. The fraction of sp³-hybridized carbons (Fsp3) is 0.364. The van der Waals surface area contributed by atoms with Gasteiger partial charge in [0, 0.05) is 26.6 Å². The van der Waals surface area contributed by atoms with Crippen LogP contribution in [0.4, 0.5) is 0 Å². The van der Waals surface area contributed by atoms with Gasteiger partial charge in [-0.15, -0.1) is 0 Å². The van der Waals surface area contributed by atoms with E-state index in [2.05, 4.69) is 0 Å². The minimum Gasteiger partial charge on any atom is -0.497 e. The average Bonchev–Trinajstić information content (AvgIpc) is 3.31. The van der Waals surface area contributed by atoms with Crippen molar-refractivity contribution in [2.45, 2.75) is 31.8 Å². The molecule has 28 heavy (non-hydrogen) atoms. The Bertz CT molecular complexity index is 1050. The summed E-state index contributed by atoms with van der Waals surface area (Å²) < 4.78 is 8.56. The van der Waals surface area contributed by atoms with E-state index >= 15 is 0 Å². The molecule has 1 aliphatic heterocycles. The molecule has 2 heterocycles. The predicted octanol–water partition coefficient (Wildman–Crippen LogP) is 3.10. The number of fused-ring (bicyclic) bond motifs is 1. The van der Waals surface area contributed by atoms with Gasteiger partial charge in [-0.3, -0.25) is 13.9 Å². The lowest BCUT2D eigenvalue weighted by molar-refractivity contribution is -0.132. The molecular weight excluding hydrogens is 354 g/mol. The first-order valence-electron chi connectivity index (χ1n) is 9.68. The summed E-state index contributed by atoms with van der Waals surface area (Å²) >= 11 is 0. The Morgan fingerprint density at radius 1 is 1.11 bits per heavy atom. The average molecular weight is 379 g/mol. The molecule has 0 bridgehead atoms. The maximum absolute atomic E-state index is 13.0. The second-order valence-electron chi connectivity index (χ2n) is 7.25. The number of likely N-dealkylation sites (tertiary alicyclic amines) is 1. The van der Waals surface area contributed by atoms with Gasteiger partial charge in [0.05, 0.1) is 24.2 Å². The summed E-state index contributed by atoms with van der Waals surface area (Å²) in [5.41, 5.74) is 2.81. The number of aromatic nitrogens is 2. The normalized spacial score (nSPS) is 16.6. The van der Waals surface area contributed by atoms with Crippen LogP contribution in [0.15, 0.2) is 53.3 Å². The van der Waals surface area contributed by atoms with Crippen LogP contribution < -0.4 is 10.4 Å². The molecular formula is C22H25N3O3. The molecule has 6 nitrogen and oxygen atoms in total. The van der Waals surface area contributed by atoms with Gasteiger partial charge in [-0.2, -0.15) is 0 Å². The molecule has 1 atom stereocenters. The quantitative estimate of drug-likeness (QED) is 0.684. The van der Waals surface area contributed by atoms with Gasteiger partial charge in [0.25, 0.3) is 0 Å². The van der Waals surface area contributed by atoms with Crippen molar-refractivity contribution < 1.29 is 9.53 Å². The molecule has 1 amide bonds. The molecule has 1 aliphatic rings. The van der Waals surface area contributed by atoms with E-state index in [0.717, 1.165) is 41.7 Å². The maximum Gasteiger partial charge on any atom is 0.328 e. The van der Waals surface area contributed by atoms with Crippen LogP contribution in [0.1, 0.15) is 30.9 Å². The zero-order valence-electron chi connectivity index (χ0n) is 16.3. The first kappa shape index (κ1) is 18.3. The number of ether oxygens (including phenoxy) is 1. The van der Waals surface area contributed by atoms with Crippen LogP contribution >= 0.6 is 0 Å². The van der Waals surface area contributed by atoms with Gasteiger partial charge in [0.2, 0.25) is 5.91 Å². The largest absolute Gasteiger partial charge is 0.497 e. The molecule has 1 fully saturated rings. The van der Waals surface area contributed by atoms with Gasteiger partial charge in [0.1, 0.15) is 5.75 Å². The smallest absolute Gasteiger partial charge is 0.328 e. The first-order valence-corrected chi connectivity index (χ1v) is 9.68. The summed E-state index contributed by atoms with van der Waals surface area (Å²) in [6, 6.07) is 15.7. The minimum absolute atomic E-state index is 0.0814. The molecule has 0 spiro atoms. The number of methoxy groups -OCH3 is 1. The summed E-state index contributed by atoms with van der Waals surface area (Å²) in [6.45, 7) is 1.16. The van der Waals surface area contributed by atoms with Crippen molar-refractivity contribution in [2.75, 3.05) is 13.7 Å². The van der Waals surface area contributed by atoms with Crippen molar-refractivity contribution in [3.8, 4) is 5.75 Å². The van der Waals surface area contributed by atoms with Crippen molar-refractivity contribution in [3.63, 3.8) is 0 Å². The molecule has 0 saturated carbocycles. The number of imidazole rings is 1. The van der Waals surface area contributed by atoms with Crippen LogP contribution in [0, 0.1) is 0 Å². The van der Waals surface area contributed by atoms with E-state index < -0.39 is 0 Å². The number of carbonyl (C=O) groups excluding carboxylic acids is 1. The Labute approximate surface area is 163 Å². The van der Waals surface area contributed by atoms with Crippen molar-refractivity contribution in [1.82, 2.24) is 14.0 Å². The number of benzene rings is 2. The van der Waals surface area contributed by atoms with Gasteiger partial charge in [-0.1, -0.05) is 24.3 Å². The lowest BCUT2D eigenvalue weighted by Crippen LogP contribution is -2.32.